The number of nitrogens with zero attached hydrogens (tertiary/aromatic N) is 2. The maximum Gasteiger partial charge on any atom is 0.133 e. The molecule has 0 saturated heterocycles. The average Bonchev–Trinajstić information content (AvgIpc) is 1.98. The molecule has 1 aromatic rings. The number of aromatic nitrogens is 2. The molecule has 1 aromatic heterocycles. The molecule has 1 heterocycles. The summed E-state index contributed by atoms with van der Waals surface area (Å²) >= 11 is 6.64. The van der Waals surface area contributed by atoms with E-state index in [4.69, 9.17) is 0 Å². The SMILES string of the molecule is Ic1ncn(I)c1I. The van der Waals surface area contributed by atoms with Gasteiger partial charge < -0.3 is 0 Å². The van der Waals surface area contributed by atoms with Crippen molar-refractivity contribution in [1.29, 1.82) is 0 Å². The van der Waals surface area contributed by atoms with Gasteiger partial charge in [-0.1, -0.05) is 0 Å². The van der Waals surface area contributed by atoms with E-state index >= 15 is 0 Å². The third-order valence-electron chi connectivity index (χ3n) is 0.630. The molecule has 0 radical (unpaired) electrons. The molecule has 44 valence electrons. The van der Waals surface area contributed by atoms with E-state index in [2.05, 4.69) is 73.0 Å². The first-order valence-electron chi connectivity index (χ1n) is 1.76. The maximum absolute atomic E-state index is 4.05. The van der Waals surface area contributed by atoms with Gasteiger partial charge in [-0.2, -0.15) is 0 Å². The fraction of sp³-hybridized carbons (Fsp3) is 0. The Morgan fingerprint density at radius 1 is 1.50 bits per heavy atom. The lowest BCUT2D eigenvalue weighted by Crippen LogP contribution is -1.78. The van der Waals surface area contributed by atoms with Crippen LogP contribution in [0.2, 0.25) is 0 Å². The fourth-order valence-electron chi connectivity index (χ4n) is 0.293. The van der Waals surface area contributed by atoms with E-state index in [0.29, 0.717) is 0 Å². The van der Waals surface area contributed by atoms with Crippen LogP contribution in [0.3, 0.4) is 0 Å². The van der Waals surface area contributed by atoms with Crippen molar-refractivity contribution in [2.75, 3.05) is 0 Å². The highest BCUT2D eigenvalue weighted by Crippen LogP contribution is 2.14. The molecular formula is C3HI3N2. The van der Waals surface area contributed by atoms with Crippen molar-refractivity contribution >= 4 is 68.0 Å². The standard InChI is InChI=1S/C3HI3N2/c4-2-3(5)8(6)1-7-2/h1H. The molecule has 1 rings (SSSR count). The van der Waals surface area contributed by atoms with Crippen LogP contribution in [0.5, 0.6) is 0 Å². The first-order chi connectivity index (χ1) is 3.72. The van der Waals surface area contributed by atoms with Crippen molar-refractivity contribution in [3.05, 3.63) is 13.7 Å². The third kappa shape index (κ3) is 1.46. The zero-order valence-corrected chi connectivity index (χ0v) is 10.1. The smallest absolute Gasteiger partial charge is 0.133 e. The summed E-state index contributed by atoms with van der Waals surface area (Å²) in [6.07, 6.45) is 1.80. The van der Waals surface area contributed by atoms with Gasteiger partial charge in [-0.15, -0.1) is 0 Å². The molecule has 0 saturated carbocycles. The largest absolute Gasteiger partial charge is 0.265 e. The minimum absolute atomic E-state index is 1.07. The summed E-state index contributed by atoms with van der Waals surface area (Å²) in [6.45, 7) is 0. The van der Waals surface area contributed by atoms with Crippen LogP contribution in [0.15, 0.2) is 6.33 Å². The Morgan fingerprint density at radius 3 is 2.25 bits per heavy atom. The summed E-state index contributed by atoms with van der Waals surface area (Å²) in [4.78, 5) is 4.05. The fourth-order valence-corrected chi connectivity index (χ4v) is 1.76. The molecule has 0 fully saturated rings. The Hall–Kier alpha value is 1.40. The first-order valence-corrected chi connectivity index (χ1v) is 4.88. The molecule has 0 atom stereocenters. The second-order valence-electron chi connectivity index (χ2n) is 1.14. The van der Waals surface area contributed by atoms with Gasteiger partial charge in [0, 0.05) is 0 Å². The van der Waals surface area contributed by atoms with Crippen LogP contribution in [0.4, 0.5) is 0 Å². The van der Waals surface area contributed by atoms with Crippen LogP contribution in [-0.4, -0.2) is 7.76 Å². The van der Waals surface area contributed by atoms with Gasteiger partial charge in [0.05, 0.1) is 22.9 Å². The topological polar surface area (TPSA) is 17.8 Å². The van der Waals surface area contributed by atoms with Crippen molar-refractivity contribution in [2.45, 2.75) is 0 Å². The molecule has 8 heavy (non-hydrogen) atoms. The molecule has 2 nitrogen and oxygen atoms in total. The molecule has 0 N–H and O–H groups in total. The van der Waals surface area contributed by atoms with Crippen molar-refractivity contribution in [1.82, 2.24) is 7.76 Å². The molecule has 0 aliphatic heterocycles. The van der Waals surface area contributed by atoms with Crippen LogP contribution in [0, 0.1) is 7.40 Å². The number of imidazole rings is 1. The molecule has 0 spiro atoms. The molecule has 0 aromatic carbocycles. The molecular weight excluding hydrogens is 445 g/mol. The lowest BCUT2D eigenvalue weighted by atomic mass is 11.0. The van der Waals surface area contributed by atoms with Gasteiger partial charge in [0.25, 0.3) is 0 Å². The van der Waals surface area contributed by atoms with Crippen molar-refractivity contribution in [2.24, 2.45) is 0 Å². The summed E-state index contributed by atoms with van der Waals surface area (Å²) in [7, 11) is 0. The Labute approximate surface area is 88.2 Å². The Kier molecular flexibility index (Phi) is 2.81. The summed E-state index contributed by atoms with van der Waals surface area (Å²) in [6, 6.07) is 0. The Morgan fingerprint density at radius 2 is 2.12 bits per heavy atom. The van der Waals surface area contributed by atoms with Crippen molar-refractivity contribution in [3.8, 4) is 0 Å². The number of halogens is 3. The van der Waals surface area contributed by atoms with Gasteiger partial charge >= 0.3 is 0 Å². The predicted molar refractivity (Wildman–Crippen MR) is 57.1 cm³/mol. The zero-order valence-electron chi connectivity index (χ0n) is 3.61. The lowest BCUT2D eigenvalue weighted by molar-refractivity contribution is 1.26. The number of hydrogen-bond acceptors (Lipinski definition) is 1. The first kappa shape index (κ1) is 7.51. The second kappa shape index (κ2) is 2.99. The van der Waals surface area contributed by atoms with E-state index in [0.717, 1.165) is 3.70 Å². The Bertz CT molecular complexity index is 175. The van der Waals surface area contributed by atoms with E-state index in [1.54, 1.807) is 6.33 Å². The normalized spacial score (nSPS) is 9.88. The van der Waals surface area contributed by atoms with Crippen LogP contribution in [0.1, 0.15) is 0 Å². The van der Waals surface area contributed by atoms with E-state index in [-0.39, 0.29) is 0 Å². The maximum atomic E-state index is 4.05. The Balaban J connectivity index is 3.19. The van der Waals surface area contributed by atoms with Gasteiger partial charge in [0.15, 0.2) is 0 Å². The monoisotopic (exact) mass is 446 g/mol. The highest BCUT2D eigenvalue weighted by Gasteiger charge is 1.99. The zero-order chi connectivity index (χ0) is 6.15. The lowest BCUT2D eigenvalue weighted by Gasteiger charge is -1.84. The molecule has 0 aliphatic rings. The number of hydrogen-bond donors (Lipinski definition) is 0. The van der Waals surface area contributed by atoms with E-state index in [9.17, 15) is 0 Å². The van der Waals surface area contributed by atoms with Crippen LogP contribution in [0.25, 0.3) is 0 Å². The van der Waals surface area contributed by atoms with E-state index in [1.165, 1.54) is 3.70 Å². The highest BCUT2D eigenvalue weighted by molar-refractivity contribution is 14.1. The van der Waals surface area contributed by atoms with Gasteiger partial charge in [0.1, 0.15) is 13.7 Å². The molecule has 0 aliphatic carbocycles. The van der Waals surface area contributed by atoms with Gasteiger partial charge in [0.2, 0.25) is 0 Å². The number of rotatable bonds is 0. The predicted octanol–water partition coefficient (Wildman–Crippen LogP) is 2.29. The molecule has 0 unspecified atom stereocenters. The van der Waals surface area contributed by atoms with Crippen molar-refractivity contribution in [3.63, 3.8) is 0 Å². The summed E-state index contributed by atoms with van der Waals surface area (Å²) in [5.74, 6) is 0. The minimum Gasteiger partial charge on any atom is -0.265 e. The summed E-state index contributed by atoms with van der Waals surface area (Å²) in [5.41, 5.74) is 0. The van der Waals surface area contributed by atoms with Gasteiger partial charge in [-0.25, -0.2) is 4.98 Å². The van der Waals surface area contributed by atoms with E-state index < -0.39 is 0 Å². The second-order valence-corrected chi connectivity index (χ2v) is 4.22. The van der Waals surface area contributed by atoms with Gasteiger partial charge in [-0.3, -0.25) is 2.78 Å². The van der Waals surface area contributed by atoms with Crippen LogP contribution >= 0.6 is 68.0 Å². The summed E-state index contributed by atoms with van der Waals surface area (Å²) in [5, 5.41) is 0. The van der Waals surface area contributed by atoms with Crippen LogP contribution in [-0.2, 0) is 0 Å². The molecule has 0 amide bonds. The minimum atomic E-state index is 1.07. The quantitative estimate of drug-likeness (QED) is 0.560. The van der Waals surface area contributed by atoms with Gasteiger partial charge in [-0.05, 0) is 45.2 Å². The molecule has 5 heteroatoms. The van der Waals surface area contributed by atoms with E-state index in [1.807, 2.05) is 2.78 Å². The third-order valence-corrected chi connectivity index (χ3v) is 5.14. The summed E-state index contributed by atoms with van der Waals surface area (Å²) < 4.78 is 4.21. The van der Waals surface area contributed by atoms with Crippen molar-refractivity contribution < 1.29 is 0 Å². The highest BCUT2D eigenvalue weighted by atomic mass is 127. The van der Waals surface area contributed by atoms with Crippen LogP contribution < -0.4 is 0 Å². The molecule has 0 bridgehead atoms. The average molecular weight is 446 g/mol.